The topological polar surface area (TPSA) is 84.2 Å². The summed E-state index contributed by atoms with van der Waals surface area (Å²) in [5, 5.41) is 5.21. The van der Waals surface area contributed by atoms with Gasteiger partial charge in [0, 0.05) is 18.5 Å². The van der Waals surface area contributed by atoms with E-state index in [1.54, 1.807) is 13.8 Å². The van der Waals surface area contributed by atoms with E-state index in [-0.39, 0.29) is 42.7 Å². The van der Waals surface area contributed by atoms with E-state index in [1.165, 1.54) is 0 Å². The van der Waals surface area contributed by atoms with Gasteiger partial charge in [0.15, 0.2) is 0 Å². The Morgan fingerprint density at radius 3 is 2.25 bits per heavy atom. The second-order valence-corrected chi connectivity index (χ2v) is 3.72. The zero-order valence-electron chi connectivity index (χ0n) is 10.1. The molecule has 0 aromatic heterocycles. The van der Waals surface area contributed by atoms with Gasteiger partial charge in [0.05, 0.1) is 6.54 Å². The number of carbonyl (C=O) groups excluding carboxylic acids is 2. The Hall–Kier alpha value is -0.810. The molecule has 0 aliphatic rings. The number of rotatable bonds is 6. The van der Waals surface area contributed by atoms with Gasteiger partial charge in [0.25, 0.3) is 0 Å². The van der Waals surface area contributed by atoms with Gasteiger partial charge in [0.2, 0.25) is 11.8 Å². The summed E-state index contributed by atoms with van der Waals surface area (Å²) in [4.78, 5) is 22.5. The number of nitrogens with one attached hydrogen (secondary N) is 2. The maximum atomic E-state index is 11.4. The van der Waals surface area contributed by atoms with Crippen molar-refractivity contribution in [3.8, 4) is 0 Å². The lowest BCUT2D eigenvalue weighted by Crippen LogP contribution is -2.43. The van der Waals surface area contributed by atoms with E-state index in [2.05, 4.69) is 10.6 Å². The molecule has 0 bridgehead atoms. The summed E-state index contributed by atoms with van der Waals surface area (Å²) in [5.41, 5.74) is 5.56. The number of carbonyl (C=O) groups is 2. The van der Waals surface area contributed by atoms with Crippen LogP contribution >= 0.6 is 12.4 Å². The average molecular weight is 252 g/mol. The lowest BCUT2D eigenvalue weighted by Gasteiger charge is -2.14. The minimum atomic E-state index is -0.274. The van der Waals surface area contributed by atoms with Crippen LogP contribution in [0.2, 0.25) is 0 Å². The van der Waals surface area contributed by atoms with Crippen molar-refractivity contribution in [2.75, 3.05) is 13.1 Å². The Morgan fingerprint density at radius 2 is 1.81 bits per heavy atom. The van der Waals surface area contributed by atoms with Gasteiger partial charge in [-0.1, -0.05) is 13.8 Å². The van der Waals surface area contributed by atoms with Gasteiger partial charge in [0.1, 0.15) is 0 Å². The highest BCUT2D eigenvalue weighted by atomic mass is 35.5. The number of hydrogen-bond donors (Lipinski definition) is 3. The van der Waals surface area contributed by atoms with Crippen molar-refractivity contribution in [2.45, 2.75) is 33.2 Å². The van der Waals surface area contributed by atoms with E-state index in [1.807, 2.05) is 6.92 Å². The fraction of sp³-hybridized carbons (Fsp3) is 0.800. The molecular formula is C10H22ClN3O2. The van der Waals surface area contributed by atoms with Crippen LogP contribution in [0, 0.1) is 5.92 Å². The molecule has 0 radical (unpaired) electrons. The number of halogens is 1. The second-order valence-electron chi connectivity index (χ2n) is 3.72. The van der Waals surface area contributed by atoms with Gasteiger partial charge >= 0.3 is 0 Å². The summed E-state index contributed by atoms with van der Waals surface area (Å²) in [5.74, 6) is -0.623. The molecule has 0 aromatic carbocycles. The molecule has 0 fully saturated rings. The molecule has 2 atom stereocenters. The highest BCUT2D eigenvalue weighted by Gasteiger charge is 2.17. The second kappa shape index (κ2) is 9.42. The molecule has 96 valence electrons. The average Bonchev–Trinajstić information content (AvgIpc) is 2.21. The van der Waals surface area contributed by atoms with Crippen molar-refractivity contribution >= 4 is 24.2 Å². The van der Waals surface area contributed by atoms with Crippen LogP contribution in [0.15, 0.2) is 0 Å². The van der Waals surface area contributed by atoms with Gasteiger partial charge in [-0.2, -0.15) is 0 Å². The summed E-state index contributed by atoms with van der Waals surface area (Å²) >= 11 is 0. The predicted molar refractivity (Wildman–Crippen MR) is 66.4 cm³/mol. The van der Waals surface area contributed by atoms with Crippen molar-refractivity contribution < 1.29 is 9.59 Å². The van der Waals surface area contributed by atoms with Gasteiger partial charge < -0.3 is 16.4 Å². The van der Waals surface area contributed by atoms with Crippen LogP contribution in [0.1, 0.15) is 27.2 Å². The van der Waals surface area contributed by atoms with Crippen molar-refractivity contribution in [3.05, 3.63) is 0 Å². The predicted octanol–water partition coefficient (Wildman–Crippen LogP) is 0.0339. The van der Waals surface area contributed by atoms with E-state index in [0.717, 1.165) is 6.42 Å². The molecule has 0 rings (SSSR count). The minimum Gasteiger partial charge on any atom is -0.355 e. The molecule has 16 heavy (non-hydrogen) atoms. The first-order valence-corrected chi connectivity index (χ1v) is 5.29. The molecule has 6 heteroatoms. The standard InChI is InChI=1S/C10H21N3O2.ClH/c1-4-5-12-9(14)6-13-10(15)7(2)8(3)11;/h7-8H,4-6,11H2,1-3H3,(H,12,14)(H,13,15);1H. The third-order valence-corrected chi connectivity index (χ3v) is 2.20. The Morgan fingerprint density at radius 1 is 1.25 bits per heavy atom. The van der Waals surface area contributed by atoms with E-state index in [0.29, 0.717) is 6.54 Å². The lowest BCUT2D eigenvalue weighted by molar-refractivity contribution is -0.128. The maximum Gasteiger partial charge on any atom is 0.239 e. The van der Waals surface area contributed by atoms with Crippen molar-refractivity contribution in [1.29, 1.82) is 0 Å². The third kappa shape index (κ3) is 7.48. The molecule has 2 unspecified atom stereocenters. The smallest absolute Gasteiger partial charge is 0.239 e. The van der Waals surface area contributed by atoms with E-state index >= 15 is 0 Å². The largest absolute Gasteiger partial charge is 0.355 e. The highest BCUT2D eigenvalue weighted by molar-refractivity contribution is 5.86. The van der Waals surface area contributed by atoms with Crippen LogP contribution in [0.25, 0.3) is 0 Å². The lowest BCUT2D eigenvalue weighted by atomic mass is 10.0. The zero-order chi connectivity index (χ0) is 11.8. The summed E-state index contributed by atoms with van der Waals surface area (Å²) in [7, 11) is 0. The normalized spacial score (nSPS) is 13.2. The summed E-state index contributed by atoms with van der Waals surface area (Å²) < 4.78 is 0. The number of hydrogen-bond acceptors (Lipinski definition) is 3. The van der Waals surface area contributed by atoms with Gasteiger partial charge in [-0.25, -0.2) is 0 Å². The Balaban J connectivity index is 0. The summed E-state index contributed by atoms with van der Waals surface area (Å²) in [6.45, 7) is 6.13. The first kappa shape index (κ1) is 17.6. The Labute approximate surface area is 103 Å². The summed E-state index contributed by atoms with van der Waals surface area (Å²) in [6, 6.07) is -0.205. The first-order chi connectivity index (χ1) is 6.99. The molecule has 0 spiro atoms. The van der Waals surface area contributed by atoms with E-state index in [4.69, 9.17) is 5.73 Å². The molecule has 0 aromatic rings. The minimum absolute atomic E-state index is 0. The SMILES string of the molecule is CCCNC(=O)CNC(=O)C(C)C(C)N.Cl. The van der Waals surface area contributed by atoms with Gasteiger partial charge in [-0.05, 0) is 13.3 Å². The molecule has 0 saturated carbocycles. The van der Waals surface area contributed by atoms with Crippen LogP contribution < -0.4 is 16.4 Å². The molecule has 0 aliphatic heterocycles. The van der Waals surface area contributed by atoms with Crippen molar-refractivity contribution in [1.82, 2.24) is 10.6 Å². The van der Waals surface area contributed by atoms with Gasteiger partial charge in [-0.3, -0.25) is 9.59 Å². The van der Waals surface area contributed by atoms with Crippen LogP contribution in [-0.4, -0.2) is 30.9 Å². The number of amides is 2. The fourth-order valence-corrected chi connectivity index (χ4v) is 0.894. The summed E-state index contributed by atoms with van der Waals surface area (Å²) in [6.07, 6.45) is 0.885. The molecule has 0 saturated heterocycles. The Bertz CT molecular complexity index is 222. The maximum absolute atomic E-state index is 11.4. The quantitative estimate of drug-likeness (QED) is 0.623. The van der Waals surface area contributed by atoms with Gasteiger partial charge in [-0.15, -0.1) is 12.4 Å². The van der Waals surface area contributed by atoms with Crippen LogP contribution in [0.5, 0.6) is 0 Å². The van der Waals surface area contributed by atoms with Crippen molar-refractivity contribution in [2.24, 2.45) is 11.7 Å². The van der Waals surface area contributed by atoms with Crippen LogP contribution in [0.3, 0.4) is 0 Å². The Kier molecular flexibility index (Phi) is 10.3. The molecule has 2 amide bonds. The fourth-order valence-electron chi connectivity index (χ4n) is 0.894. The van der Waals surface area contributed by atoms with Crippen LogP contribution in [0.4, 0.5) is 0 Å². The monoisotopic (exact) mass is 251 g/mol. The molecule has 5 nitrogen and oxygen atoms in total. The third-order valence-electron chi connectivity index (χ3n) is 2.20. The van der Waals surface area contributed by atoms with Crippen LogP contribution in [-0.2, 0) is 9.59 Å². The molecule has 4 N–H and O–H groups in total. The molecular weight excluding hydrogens is 230 g/mol. The van der Waals surface area contributed by atoms with Crippen molar-refractivity contribution in [3.63, 3.8) is 0 Å². The van der Waals surface area contributed by atoms with E-state index in [9.17, 15) is 9.59 Å². The number of nitrogens with two attached hydrogens (primary N) is 1. The molecule has 0 aliphatic carbocycles. The first-order valence-electron chi connectivity index (χ1n) is 5.29. The highest BCUT2D eigenvalue weighted by Crippen LogP contribution is 1.98. The zero-order valence-corrected chi connectivity index (χ0v) is 10.9. The molecule has 0 heterocycles. The van der Waals surface area contributed by atoms with E-state index < -0.39 is 0 Å².